The van der Waals surface area contributed by atoms with Crippen molar-refractivity contribution >= 4 is 16.6 Å². The number of phenolic OH excluding ortho intramolecular Hbond substituents is 1. The molecule has 0 saturated heterocycles. The second-order valence-corrected chi connectivity index (χ2v) is 3.31. The van der Waals surface area contributed by atoms with Gasteiger partial charge in [-0.3, -0.25) is 0 Å². The Labute approximate surface area is 96.6 Å². The van der Waals surface area contributed by atoms with E-state index in [9.17, 15) is 10.3 Å². The zero-order chi connectivity index (χ0) is 12.6. The summed E-state index contributed by atoms with van der Waals surface area (Å²) in [6, 6.07) is 1.41. The molecule has 7 nitrogen and oxygen atoms in total. The lowest BCUT2D eigenvalue weighted by Crippen LogP contribution is -2.30. The molecule has 2 aromatic rings. The average Bonchev–Trinajstić information content (AvgIpc) is 2.33. The van der Waals surface area contributed by atoms with Gasteiger partial charge in [-0.15, -0.1) is 0 Å². The van der Waals surface area contributed by atoms with Crippen molar-refractivity contribution in [3.63, 3.8) is 0 Å². The highest BCUT2D eigenvalue weighted by Crippen LogP contribution is 2.46. The number of ether oxygens (including phenoxy) is 2. The van der Waals surface area contributed by atoms with Crippen LogP contribution in [0.15, 0.2) is 12.3 Å². The van der Waals surface area contributed by atoms with E-state index in [1.165, 1.54) is 20.3 Å². The molecule has 2 rings (SSSR count). The number of benzene rings is 1. The van der Waals surface area contributed by atoms with Crippen molar-refractivity contribution in [3.05, 3.63) is 17.5 Å². The molecule has 7 heteroatoms. The third kappa shape index (κ3) is 1.52. The van der Waals surface area contributed by atoms with Gasteiger partial charge in [0.2, 0.25) is 11.9 Å². The number of nitrogens with two attached hydrogens (primary N) is 1. The molecular formula is C10H11N3O4. The summed E-state index contributed by atoms with van der Waals surface area (Å²) in [5.41, 5.74) is 6.12. The number of aromatic nitrogens is 2. The molecule has 17 heavy (non-hydrogen) atoms. The molecule has 3 N–H and O–H groups in total. The Kier molecular flexibility index (Phi) is 2.51. The fraction of sp³-hybridized carbons (Fsp3) is 0.200. The molecule has 1 heterocycles. The minimum absolute atomic E-state index is 0.114. The van der Waals surface area contributed by atoms with Crippen molar-refractivity contribution in [2.75, 3.05) is 20.0 Å². The van der Waals surface area contributed by atoms with Gasteiger partial charge in [0.25, 0.3) is 0 Å². The summed E-state index contributed by atoms with van der Waals surface area (Å²) in [5.74, 6) is 0.0980. The van der Waals surface area contributed by atoms with Gasteiger partial charge in [0.1, 0.15) is 5.69 Å². The third-order valence-corrected chi connectivity index (χ3v) is 2.41. The van der Waals surface area contributed by atoms with Gasteiger partial charge >= 0.3 is 0 Å². The van der Waals surface area contributed by atoms with E-state index in [2.05, 4.69) is 5.10 Å². The van der Waals surface area contributed by atoms with Crippen molar-refractivity contribution in [1.82, 2.24) is 5.10 Å². The second kappa shape index (κ2) is 3.85. The summed E-state index contributed by atoms with van der Waals surface area (Å²) in [7, 11) is 2.76. The molecule has 0 bridgehead atoms. The summed E-state index contributed by atoms with van der Waals surface area (Å²) >= 11 is 0. The van der Waals surface area contributed by atoms with Crippen LogP contribution in [-0.4, -0.2) is 24.4 Å². The number of anilines is 1. The molecule has 1 aromatic carbocycles. The first-order valence-electron chi connectivity index (χ1n) is 4.72. The number of methoxy groups -OCH3 is 2. The lowest BCUT2D eigenvalue weighted by Gasteiger charge is -2.13. The molecule has 0 fully saturated rings. The first kappa shape index (κ1) is 11.1. The van der Waals surface area contributed by atoms with E-state index in [1.54, 1.807) is 0 Å². The van der Waals surface area contributed by atoms with Crippen molar-refractivity contribution in [2.24, 2.45) is 0 Å². The minimum Gasteiger partial charge on any atom is -0.594 e. The molecule has 0 aliphatic rings. The number of rotatable bonds is 2. The molecular weight excluding hydrogens is 226 g/mol. The van der Waals surface area contributed by atoms with E-state index in [-0.39, 0.29) is 28.5 Å². The van der Waals surface area contributed by atoms with Crippen molar-refractivity contribution in [1.29, 1.82) is 0 Å². The van der Waals surface area contributed by atoms with Crippen LogP contribution in [0.3, 0.4) is 0 Å². The predicted octanol–water partition coefficient (Wildman–Crippen LogP) is 0.173. The van der Waals surface area contributed by atoms with Gasteiger partial charge in [-0.1, -0.05) is 4.85 Å². The zero-order valence-corrected chi connectivity index (χ0v) is 9.30. The van der Waals surface area contributed by atoms with Gasteiger partial charge < -0.3 is 25.5 Å². The maximum Gasteiger partial charge on any atom is 0.210 e. The molecule has 0 aliphatic heterocycles. The topological polar surface area (TPSA) is 105 Å². The highest BCUT2D eigenvalue weighted by molar-refractivity contribution is 5.99. The SMILES string of the molecule is COc1c(OC)c(N)c2n[n+]([O-])ccc2c1O. The Morgan fingerprint density at radius 1 is 1.35 bits per heavy atom. The van der Waals surface area contributed by atoms with Crippen LogP contribution in [0, 0.1) is 5.21 Å². The van der Waals surface area contributed by atoms with Crippen LogP contribution in [0.1, 0.15) is 0 Å². The molecule has 0 amide bonds. The fourth-order valence-electron chi connectivity index (χ4n) is 1.64. The highest BCUT2D eigenvalue weighted by atomic mass is 16.5. The van der Waals surface area contributed by atoms with Gasteiger partial charge in [-0.05, 0) is 0 Å². The minimum atomic E-state index is -0.165. The van der Waals surface area contributed by atoms with Crippen molar-refractivity contribution in [3.8, 4) is 17.2 Å². The summed E-state index contributed by atoms with van der Waals surface area (Å²) in [6.07, 6.45) is 1.16. The Morgan fingerprint density at radius 3 is 2.59 bits per heavy atom. The number of hydrogen-bond donors (Lipinski definition) is 2. The lowest BCUT2D eigenvalue weighted by atomic mass is 10.1. The number of nitrogen functional groups attached to an aromatic ring is 1. The van der Waals surface area contributed by atoms with Crippen LogP contribution >= 0.6 is 0 Å². The Morgan fingerprint density at radius 2 is 2.00 bits per heavy atom. The first-order chi connectivity index (χ1) is 8.10. The van der Waals surface area contributed by atoms with Gasteiger partial charge in [0, 0.05) is 11.2 Å². The van der Waals surface area contributed by atoms with E-state index in [1.807, 2.05) is 0 Å². The molecule has 1 aromatic heterocycles. The second-order valence-electron chi connectivity index (χ2n) is 3.31. The fourth-order valence-corrected chi connectivity index (χ4v) is 1.64. The molecule has 0 spiro atoms. The van der Waals surface area contributed by atoms with E-state index in [0.29, 0.717) is 10.2 Å². The summed E-state index contributed by atoms with van der Waals surface area (Å²) < 4.78 is 10.1. The van der Waals surface area contributed by atoms with Crippen LogP contribution in [-0.2, 0) is 0 Å². The predicted molar refractivity (Wildman–Crippen MR) is 59.9 cm³/mol. The molecule has 0 saturated carbocycles. The number of fused-ring (bicyclic) bond motifs is 1. The van der Waals surface area contributed by atoms with Crippen LogP contribution in [0.2, 0.25) is 0 Å². The maximum absolute atomic E-state index is 11.1. The highest BCUT2D eigenvalue weighted by Gasteiger charge is 2.21. The summed E-state index contributed by atoms with van der Waals surface area (Å²) in [6.45, 7) is 0. The third-order valence-electron chi connectivity index (χ3n) is 2.41. The normalized spacial score (nSPS) is 10.5. The quantitative estimate of drug-likeness (QED) is 0.334. The Balaban J connectivity index is 2.94. The van der Waals surface area contributed by atoms with Crippen LogP contribution in [0.25, 0.3) is 10.9 Å². The molecule has 0 unspecified atom stereocenters. The van der Waals surface area contributed by atoms with Crippen LogP contribution < -0.4 is 20.1 Å². The summed E-state index contributed by atoms with van der Waals surface area (Å²) in [4.78, 5) is 0.351. The number of aromatic hydroxyl groups is 1. The number of hydrogen-bond acceptors (Lipinski definition) is 6. The van der Waals surface area contributed by atoms with Crippen LogP contribution in [0.4, 0.5) is 5.69 Å². The average molecular weight is 237 g/mol. The molecule has 0 radical (unpaired) electrons. The van der Waals surface area contributed by atoms with Crippen LogP contribution in [0.5, 0.6) is 17.2 Å². The zero-order valence-electron chi connectivity index (χ0n) is 9.30. The number of phenols is 1. The maximum atomic E-state index is 11.1. The molecule has 90 valence electrons. The van der Waals surface area contributed by atoms with Gasteiger partial charge in [-0.2, -0.15) is 0 Å². The molecule has 0 aliphatic carbocycles. The summed E-state index contributed by atoms with van der Waals surface area (Å²) in [5, 5.41) is 25.0. The monoisotopic (exact) mass is 237 g/mol. The Hall–Kier alpha value is -2.44. The smallest absolute Gasteiger partial charge is 0.210 e. The largest absolute Gasteiger partial charge is 0.594 e. The lowest BCUT2D eigenvalue weighted by molar-refractivity contribution is -0.666. The van der Waals surface area contributed by atoms with E-state index < -0.39 is 0 Å². The number of nitrogens with zero attached hydrogens (tertiary/aromatic N) is 2. The van der Waals surface area contributed by atoms with Gasteiger partial charge in [-0.25, -0.2) is 0 Å². The van der Waals surface area contributed by atoms with Gasteiger partial charge in [0.15, 0.2) is 17.0 Å². The molecule has 0 atom stereocenters. The van der Waals surface area contributed by atoms with Crippen molar-refractivity contribution in [2.45, 2.75) is 0 Å². The van der Waals surface area contributed by atoms with E-state index in [4.69, 9.17) is 15.2 Å². The standard InChI is InChI=1S/C10H11N3O4/c1-16-9-6(11)7-5(3-4-13(15)12-7)8(14)10(9)17-2/h3-4,14H,11H2,1-2H3. The van der Waals surface area contributed by atoms with E-state index >= 15 is 0 Å². The van der Waals surface area contributed by atoms with E-state index in [0.717, 1.165) is 6.20 Å². The van der Waals surface area contributed by atoms with Crippen molar-refractivity contribution < 1.29 is 19.4 Å². The van der Waals surface area contributed by atoms with Gasteiger partial charge in [0.05, 0.1) is 19.6 Å². The first-order valence-corrected chi connectivity index (χ1v) is 4.72. The Bertz CT molecular complexity index is 586.